The van der Waals surface area contributed by atoms with Crippen LogP contribution in [0.15, 0.2) is 12.7 Å². The summed E-state index contributed by atoms with van der Waals surface area (Å²) in [4.78, 5) is 10.2. The van der Waals surface area contributed by atoms with Gasteiger partial charge in [-0.05, 0) is 0 Å². The highest BCUT2D eigenvalue weighted by molar-refractivity contribution is 5.77. The van der Waals surface area contributed by atoms with Crippen molar-refractivity contribution in [3.63, 3.8) is 0 Å². The molecule has 3 N–H and O–H groups in total. The van der Waals surface area contributed by atoms with Crippen LogP contribution in [0.1, 0.15) is 6.42 Å². The summed E-state index contributed by atoms with van der Waals surface area (Å²) >= 11 is 0. The molecule has 0 aliphatic rings. The van der Waals surface area contributed by atoms with Crippen LogP contribution in [-0.2, 0) is 4.79 Å². The lowest BCUT2D eigenvalue weighted by molar-refractivity contribution is -0.162. The van der Waals surface area contributed by atoms with Crippen molar-refractivity contribution >= 4 is 5.97 Å². The smallest absolute Gasteiger partial charge is 0.338 e. The highest BCUT2D eigenvalue weighted by atomic mass is 16.4. The third-order valence-corrected chi connectivity index (χ3v) is 1.14. The van der Waals surface area contributed by atoms with E-state index >= 15 is 0 Å². The van der Waals surface area contributed by atoms with E-state index in [-0.39, 0.29) is 6.42 Å². The van der Waals surface area contributed by atoms with E-state index in [1.807, 2.05) is 0 Å². The Balaban J connectivity index is 4.21. The molecule has 0 spiro atoms. The molecule has 0 aromatic carbocycles. The molecule has 0 aliphatic heterocycles. The summed E-state index contributed by atoms with van der Waals surface area (Å²) in [7, 11) is 0. The number of rotatable bonds is 4. The van der Waals surface area contributed by atoms with E-state index in [1.54, 1.807) is 0 Å². The Morgan fingerprint density at radius 3 is 2.30 bits per heavy atom. The van der Waals surface area contributed by atoms with Gasteiger partial charge in [0.1, 0.15) is 0 Å². The number of aliphatic hydroxyl groups excluding tert-OH is 1. The van der Waals surface area contributed by atoms with Crippen molar-refractivity contribution in [2.75, 3.05) is 6.61 Å². The van der Waals surface area contributed by atoms with E-state index in [9.17, 15) is 4.79 Å². The molecule has 0 heterocycles. The zero-order chi connectivity index (χ0) is 8.20. The number of carbonyl (C=O) groups is 1. The Hall–Kier alpha value is -0.870. The maximum atomic E-state index is 10.2. The summed E-state index contributed by atoms with van der Waals surface area (Å²) in [6.45, 7) is 2.44. The summed E-state index contributed by atoms with van der Waals surface area (Å²) in [5, 5.41) is 25.7. The lowest BCUT2D eigenvalue weighted by Gasteiger charge is -2.17. The summed E-state index contributed by atoms with van der Waals surface area (Å²) < 4.78 is 0. The van der Waals surface area contributed by atoms with Crippen molar-refractivity contribution < 1.29 is 20.1 Å². The first-order chi connectivity index (χ1) is 4.56. The van der Waals surface area contributed by atoms with Crippen molar-refractivity contribution in [3.8, 4) is 0 Å². The molecule has 1 atom stereocenters. The van der Waals surface area contributed by atoms with Gasteiger partial charge in [-0.2, -0.15) is 0 Å². The fourth-order valence-corrected chi connectivity index (χ4v) is 0.458. The Morgan fingerprint density at radius 2 is 2.20 bits per heavy atom. The standard InChI is InChI=1S/C6H10O4/c1-2-3-6(10,4-7)5(8)9/h2,7,10H,1,3-4H2,(H,8,9)/t6-/m0/s1. The van der Waals surface area contributed by atoms with E-state index in [0.717, 1.165) is 0 Å². The number of hydrogen-bond donors (Lipinski definition) is 3. The molecule has 0 saturated heterocycles. The molecule has 0 rings (SSSR count). The second kappa shape index (κ2) is 3.34. The van der Waals surface area contributed by atoms with Crippen molar-refractivity contribution in [3.05, 3.63) is 12.7 Å². The normalized spacial score (nSPS) is 15.8. The molecule has 0 aromatic rings. The molecule has 0 unspecified atom stereocenters. The summed E-state index contributed by atoms with van der Waals surface area (Å²) in [5.74, 6) is -1.44. The number of carboxylic acids is 1. The average molecular weight is 146 g/mol. The van der Waals surface area contributed by atoms with Crippen LogP contribution in [0.25, 0.3) is 0 Å². The maximum absolute atomic E-state index is 10.2. The van der Waals surface area contributed by atoms with Gasteiger partial charge in [0.15, 0.2) is 5.60 Å². The first-order valence-corrected chi connectivity index (χ1v) is 2.74. The Morgan fingerprint density at radius 1 is 1.70 bits per heavy atom. The van der Waals surface area contributed by atoms with Crippen LogP contribution in [0.5, 0.6) is 0 Å². The zero-order valence-corrected chi connectivity index (χ0v) is 5.45. The van der Waals surface area contributed by atoms with Gasteiger partial charge in [-0.3, -0.25) is 0 Å². The minimum absolute atomic E-state index is 0.154. The second-order valence-corrected chi connectivity index (χ2v) is 1.99. The van der Waals surface area contributed by atoms with Gasteiger partial charge in [0.05, 0.1) is 6.61 Å². The minimum atomic E-state index is -2.05. The molecule has 0 saturated carbocycles. The van der Waals surface area contributed by atoms with E-state index < -0.39 is 18.2 Å². The zero-order valence-electron chi connectivity index (χ0n) is 5.45. The molecule has 0 amide bonds. The van der Waals surface area contributed by atoms with Gasteiger partial charge in [-0.1, -0.05) is 6.08 Å². The molecule has 0 radical (unpaired) electrons. The first-order valence-electron chi connectivity index (χ1n) is 2.74. The molecule has 0 aromatic heterocycles. The molecule has 0 aliphatic carbocycles. The Kier molecular flexibility index (Phi) is 3.05. The maximum Gasteiger partial charge on any atom is 0.338 e. The second-order valence-electron chi connectivity index (χ2n) is 1.99. The first kappa shape index (κ1) is 9.13. The van der Waals surface area contributed by atoms with Gasteiger partial charge in [0.2, 0.25) is 0 Å². The highest BCUT2D eigenvalue weighted by Gasteiger charge is 2.33. The topological polar surface area (TPSA) is 77.8 Å². The lowest BCUT2D eigenvalue weighted by atomic mass is 10.0. The highest BCUT2D eigenvalue weighted by Crippen LogP contribution is 2.09. The van der Waals surface area contributed by atoms with Crippen LogP contribution in [0, 0.1) is 0 Å². The van der Waals surface area contributed by atoms with Gasteiger partial charge < -0.3 is 15.3 Å². The Labute approximate surface area is 58.4 Å². The number of aliphatic hydroxyl groups is 2. The monoisotopic (exact) mass is 146 g/mol. The molecule has 4 heteroatoms. The van der Waals surface area contributed by atoms with Crippen molar-refractivity contribution in [1.82, 2.24) is 0 Å². The van der Waals surface area contributed by atoms with Crippen molar-refractivity contribution in [2.45, 2.75) is 12.0 Å². The van der Waals surface area contributed by atoms with E-state index in [4.69, 9.17) is 15.3 Å². The Bertz CT molecular complexity index is 143. The summed E-state index contributed by atoms with van der Waals surface area (Å²) in [6, 6.07) is 0. The van der Waals surface area contributed by atoms with Gasteiger partial charge in [0, 0.05) is 6.42 Å². The number of carboxylic acid groups (broad SMARTS) is 1. The van der Waals surface area contributed by atoms with Crippen LogP contribution in [0.4, 0.5) is 0 Å². The van der Waals surface area contributed by atoms with Crippen LogP contribution in [0.3, 0.4) is 0 Å². The quantitative estimate of drug-likeness (QED) is 0.461. The van der Waals surface area contributed by atoms with Crippen LogP contribution >= 0.6 is 0 Å². The van der Waals surface area contributed by atoms with Gasteiger partial charge in [-0.15, -0.1) is 6.58 Å². The predicted molar refractivity (Wildman–Crippen MR) is 34.5 cm³/mol. The number of aliphatic carboxylic acids is 1. The van der Waals surface area contributed by atoms with Gasteiger partial charge in [-0.25, -0.2) is 4.79 Å². The number of hydrogen-bond acceptors (Lipinski definition) is 3. The van der Waals surface area contributed by atoms with E-state index in [2.05, 4.69) is 6.58 Å². The van der Waals surface area contributed by atoms with Crippen LogP contribution in [0.2, 0.25) is 0 Å². The van der Waals surface area contributed by atoms with Crippen LogP contribution in [-0.4, -0.2) is 33.5 Å². The van der Waals surface area contributed by atoms with Gasteiger partial charge in [0.25, 0.3) is 0 Å². The molecular formula is C6H10O4. The third-order valence-electron chi connectivity index (χ3n) is 1.14. The van der Waals surface area contributed by atoms with Crippen LogP contribution < -0.4 is 0 Å². The molecule has 0 fully saturated rings. The summed E-state index contributed by atoms with van der Waals surface area (Å²) in [6.07, 6.45) is 1.09. The molecule has 0 bridgehead atoms. The van der Waals surface area contributed by atoms with Gasteiger partial charge >= 0.3 is 5.97 Å². The fourth-order valence-electron chi connectivity index (χ4n) is 0.458. The summed E-state index contributed by atoms with van der Waals surface area (Å²) in [5.41, 5.74) is -2.05. The average Bonchev–Trinajstić information content (AvgIpc) is 1.88. The molecule has 4 nitrogen and oxygen atoms in total. The van der Waals surface area contributed by atoms with Crippen molar-refractivity contribution in [2.24, 2.45) is 0 Å². The van der Waals surface area contributed by atoms with E-state index in [0.29, 0.717) is 0 Å². The lowest BCUT2D eigenvalue weighted by Crippen LogP contribution is -2.41. The molecule has 58 valence electrons. The molecule has 10 heavy (non-hydrogen) atoms. The SMILES string of the molecule is C=CC[C@](O)(CO)C(=O)O. The fraction of sp³-hybridized carbons (Fsp3) is 0.500. The minimum Gasteiger partial charge on any atom is -0.479 e. The third kappa shape index (κ3) is 1.82. The van der Waals surface area contributed by atoms with Crippen molar-refractivity contribution in [1.29, 1.82) is 0 Å². The largest absolute Gasteiger partial charge is 0.479 e. The van der Waals surface area contributed by atoms with E-state index in [1.165, 1.54) is 6.08 Å². The predicted octanol–water partition coefficient (Wildman–Crippen LogP) is -0.629. The molecular weight excluding hydrogens is 136 g/mol.